The topological polar surface area (TPSA) is 39.7 Å². The second kappa shape index (κ2) is 10.9. The molecular weight excluding hydrogens is 399 g/mol. The first-order valence-corrected chi connectivity index (χ1v) is 8.49. The highest BCUT2D eigenvalue weighted by molar-refractivity contribution is 14.0. The van der Waals surface area contributed by atoms with Crippen molar-refractivity contribution in [2.45, 2.75) is 39.8 Å². The number of halogens is 1. The largest absolute Gasteiger partial charge is 0.356 e. The van der Waals surface area contributed by atoms with Crippen molar-refractivity contribution in [2.75, 3.05) is 26.7 Å². The van der Waals surface area contributed by atoms with E-state index in [0.717, 1.165) is 44.6 Å². The second-order valence-corrected chi connectivity index (χ2v) is 6.03. The van der Waals surface area contributed by atoms with E-state index < -0.39 is 0 Å². The van der Waals surface area contributed by atoms with Gasteiger partial charge in [-0.15, -0.1) is 24.0 Å². The third-order valence-corrected chi connectivity index (χ3v) is 4.26. The molecule has 1 saturated carbocycles. The van der Waals surface area contributed by atoms with Crippen molar-refractivity contribution in [1.29, 1.82) is 0 Å². The fourth-order valence-electron chi connectivity index (χ4n) is 2.44. The Labute approximate surface area is 158 Å². The molecule has 0 atom stereocenters. The monoisotopic (exact) mass is 430 g/mol. The minimum absolute atomic E-state index is 0. The Hall–Kier alpha value is -0.820. The Morgan fingerprint density at radius 3 is 2.22 bits per heavy atom. The zero-order valence-electron chi connectivity index (χ0n) is 14.6. The standard InChI is InChI=1S/C18H30N4.HI/c1-4-22(5-2)14-17-10-8-16(9-11-17)13-21-18(19-3)20-12-15-6-7-15;/h8-11,15H,4-7,12-14H2,1-3H3,(H2,19,20,21);1H. The highest BCUT2D eigenvalue weighted by atomic mass is 127. The van der Waals surface area contributed by atoms with Crippen molar-refractivity contribution in [1.82, 2.24) is 15.5 Å². The van der Waals surface area contributed by atoms with Gasteiger partial charge < -0.3 is 10.6 Å². The van der Waals surface area contributed by atoms with Crippen LogP contribution in [0, 0.1) is 5.92 Å². The van der Waals surface area contributed by atoms with Crippen molar-refractivity contribution in [2.24, 2.45) is 10.9 Å². The fourth-order valence-corrected chi connectivity index (χ4v) is 2.44. The minimum Gasteiger partial charge on any atom is -0.356 e. The predicted molar refractivity (Wildman–Crippen MR) is 109 cm³/mol. The number of hydrogen-bond donors (Lipinski definition) is 2. The van der Waals surface area contributed by atoms with Gasteiger partial charge in [-0.25, -0.2) is 0 Å². The summed E-state index contributed by atoms with van der Waals surface area (Å²) in [6, 6.07) is 8.88. The fraction of sp³-hybridized carbons (Fsp3) is 0.611. The average Bonchev–Trinajstić information content (AvgIpc) is 3.38. The van der Waals surface area contributed by atoms with Gasteiger partial charge in [0, 0.05) is 26.7 Å². The SMILES string of the molecule is CCN(CC)Cc1ccc(CNC(=NC)NCC2CC2)cc1.I. The molecule has 5 heteroatoms. The molecule has 1 aliphatic carbocycles. The van der Waals surface area contributed by atoms with Crippen LogP contribution in [0.4, 0.5) is 0 Å². The Morgan fingerprint density at radius 2 is 1.70 bits per heavy atom. The zero-order chi connectivity index (χ0) is 15.8. The summed E-state index contributed by atoms with van der Waals surface area (Å²) in [4.78, 5) is 6.70. The van der Waals surface area contributed by atoms with E-state index in [2.05, 4.69) is 58.6 Å². The maximum atomic E-state index is 4.27. The molecule has 1 aromatic carbocycles. The first-order valence-electron chi connectivity index (χ1n) is 8.49. The lowest BCUT2D eigenvalue weighted by molar-refractivity contribution is 0.296. The molecule has 2 N–H and O–H groups in total. The molecule has 0 saturated heterocycles. The number of aliphatic imine (C=N–C) groups is 1. The zero-order valence-corrected chi connectivity index (χ0v) is 17.0. The Bertz CT molecular complexity index is 464. The molecule has 0 bridgehead atoms. The minimum atomic E-state index is 0. The summed E-state index contributed by atoms with van der Waals surface area (Å²) in [5.74, 6) is 1.76. The van der Waals surface area contributed by atoms with Gasteiger partial charge in [0.05, 0.1) is 0 Å². The van der Waals surface area contributed by atoms with Crippen molar-refractivity contribution in [3.8, 4) is 0 Å². The molecule has 0 radical (unpaired) electrons. The van der Waals surface area contributed by atoms with Crippen LogP contribution in [-0.4, -0.2) is 37.5 Å². The van der Waals surface area contributed by atoms with Gasteiger partial charge in [-0.1, -0.05) is 38.1 Å². The van der Waals surface area contributed by atoms with E-state index >= 15 is 0 Å². The molecule has 4 nitrogen and oxygen atoms in total. The van der Waals surface area contributed by atoms with Crippen molar-refractivity contribution in [3.05, 3.63) is 35.4 Å². The van der Waals surface area contributed by atoms with E-state index in [-0.39, 0.29) is 24.0 Å². The Morgan fingerprint density at radius 1 is 1.09 bits per heavy atom. The van der Waals surface area contributed by atoms with Gasteiger partial charge in [-0.05, 0) is 43.0 Å². The summed E-state index contributed by atoms with van der Waals surface area (Å²) >= 11 is 0. The number of nitrogens with one attached hydrogen (secondary N) is 2. The lowest BCUT2D eigenvalue weighted by Crippen LogP contribution is -2.37. The summed E-state index contributed by atoms with van der Waals surface area (Å²) in [6.07, 6.45) is 2.72. The van der Waals surface area contributed by atoms with Crippen LogP contribution in [0.5, 0.6) is 0 Å². The molecule has 0 unspecified atom stereocenters. The molecule has 0 aliphatic heterocycles. The third-order valence-electron chi connectivity index (χ3n) is 4.26. The van der Waals surface area contributed by atoms with Crippen LogP contribution >= 0.6 is 24.0 Å². The molecule has 0 amide bonds. The van der Waals surface area contributed by atoms with Gasteiger partial charge in [-0.3, -0.25) is 9.89 Å². The highest BCUT2D eigenvalue weighted by Crippen LogP contribution is 2.27. The molecule has 130 valence electrons. The molecule has 0 heterocycles. The molecule has 23 heavy (non-hydrogen) atoms. The Balaban J connectivity index is 0.00000264. The average molecular weight is 430 g/mol. The first-order chi connectivity index (χ1) is 10.7. The van der Waals surface area contributed by atoms with Crippen LogP contribution in [0.1, 0.15) is 37.8 Å². The van der Waals surface area contributed by atoms with Gasteiger partial charge in [0.2, 0.25) is 0 Å². The first kappa shape index (κ1) is 20.2. The van der Waals surface area contributed by atoms with Crippen LogP contribution in [0.25, 0.3) is 0 Å². The van der Waals surface area contributed by atoms with Crippen molar-refractivity contribution < 1.29 is 0 Å². The van der Waals surface area contributed by atoms with Gasteiger partial charge in [0.15, 0.2) is 5.96 Å². The summed E-state index contributed by atoms with van der Waals surface area (Å²) in [5, 5.41) is 6.77. The molecule has 1 aliphatic rings. The number of benzene rings is 1. The van der Waals surface area contributed by atoms with E-state index in [1.165, 1.54) is 24.0 Å². The van der Waals surface area contributed by atoms with E-state index in [4.69, 9.17) is 0 Å². The molecule has 2 rings (SSSR count). The maximum Gasteiger partial charge on any atom is 0.191 e. The quantitative estimate of drug-likeness (QED) is 0.378. The maximum absolute atomic E-state index is 4.27. The summed E-state index contributed by atoms with van der Waals surface area (Å²) in [7, 11) is 1.83. The highest BCUT2D eigenvalue weighted by Gasteiger charge is 2.20. The molecular formula is C18H31IN4. The van der Waals surface area contributed by atoms with E-state index in [1.54, 1.807) is 0 Å². The van der Waals surface area contributed by atoms with E-state index in [9.17, 15) is 0 Å². The smallest absolute Gasteiger partial charge is 0.191 e. The van der Waals surface area contributed by atoms with Crippen LogP contribution in [0.2, 0.25) is 0 Å². The third kappa shape index (κ3) is 7.52. The van der Waals surface area contributed by atoms with Crippen molar-refractivity contribution in [3.63, 3.8) is 0 Å². The molecule has 0 aromatic heterocycles. The normalized spacial score (nSPS) is 14.5. The second-order valence-electron chi connectivity index (χ2n) is 6.03. The van der Waals surface area contributed by atoms with E-state index in [0.29, 0.717) is 0 Å². The van der Waals surface area contributed by atoms with Gasteiger partial charge in [0.1, 0.15) is 0 Å². The van der Waals surface area contributed by atoms with Crippen molar-refractivity contribution >= 4 is 29.9 Å². The van der Waals surface area contributed by atoms with Gasteiger partial charge in [0.25, 0.3) is 0 Å². The molecule has 0 spiro atoms. The number of guanidine groups is 1. The van der Waals surface area contributed by atoms with Gasteiger partial charge >= 0.3 is 0 Å². The predicted octanol–water partition coefficient (Wildman–Crippen LogP) is 3.22. The summed E-state index contributed by atoms with van der Waals surface area (Å²) in [6.45, 7) is 9.51. The number of rotatable bonds is 8. The van der Waals surface area contributed by atoms with Crippen LogP contribution in [-0.2, 0) is 13.1 Å². The van der Waals surface area contributed by atoms with Crippen LogP contribution in [0.15, 0.2) is 29.3 Å². The number of hydrogen-bond acceptors (Lipinski definition) is 2. The molecule has 1 fully saturated rings. The number of nitrogens with zero attached hydrogens (tertiary/aromatic N) is 2. The lowest BCUT2D eigenvalue weighted by Gasteiger charge is -2.18. The lowest BCUT2D eigenvalue weighted by atomic mass is 10.1. The van der Waals surface area contributed by atoms with Gasteiger partial charge in [-0.2, -0.15) is 0 Å². The van der Waals surface area contributed by atoms with Crippen LogP contribution < -0.4 is 10.6 Å². The Kier molecular flexibility index (Phi) is 9.55. The molecule has 1 aromatic rings. The summed E-state index contributed by atoms with van der Waals surface area (Å²) in [5.41, 5.74) is 2.67. The van der Waals surface area contributed by atoms with E-state index in [1.807, 2.05) is 7.05 Å². The van der Waals surface area contributed by atoms with Crippen LogP contribution in [0.3, 0.4) is 0 Å². The summed E-state index contributed by atoms with van der Waals surface area (Å²) < 4.78 is 0.